The van der Waals surface area contributed by atoms with Crippen LogP contribution in [0, 0.1) is 0 Å². The fourth-order valence-corrected chi connectivity index (χ4v) is 3.61. The van der Waals surface area contributed by atoms with Crippen molar-refractivity contribution in [3.05, 3.63) is 29.3 Å². The molecule has 1 unspecified atom stereocenters. The van der Waals surface area contributed by atoms with Crippen LogP contribution in [0.25, 0.3) is 10.2 Å². The fourth-order valence-electron chi connectivity index (χ4n) is 2.60. The average Bonchev–Trinajstić information content (AvgIpc) is 2.87. The molecule has 0 amide bonds. The number of nitrogens with one attached hydrogen (secondary N) is 2. The second kappa shape index (κ2) is 6.46. The number of thiazole rings is 1. The molecule has 0 radical (unpaired) electrons. The summed E-state index contributed by atoms with van der Waals surface area (Å²) in [7, 11) is 0. The first-order chi connectivity index (χ1) is 9.42. The molecule has 0 aliphatic carbocycles. The molecule has 1 aromatic carbocycles. The van der Waals surface area contributed by atoms with Gasteiger partial charge in [0.1, 0.15) is 0 Å². The summed E-state index contributed by atoms with van der Waals surface area (Å²) < 4.78 is 1.31. The first kappa shape index (κ1) is 13.0. The number of aromatic nitrogens is 1. The van der Waals surface area contributed by atoms with E-state index < -0.39 is 0 Å². The van der Waals surface area contributed by atoms with E-state index in [1.807, 2.05) is 11.3 Å². The number of rotatable bonds is 5. The van der Waals surface area contributed by atoms with Gasteiger partial charge in [0.05, 0.1) is 15.2 Å². The highest BCUT2D eigenvalue weighted by atomic mass is 32.1. The lowest BCUT2D eigenvalue weighted by Crippen LogP contribution is -2.43. The molecule has 3 rings (SSSR count). The molecule has 2 heterocycles. The number of fused-ring (bicyclic) bond motifs is 1. The van der Waals surface area contributed by atoms with Crippen molar-refractivity contribution in [2.45, 2.75) is 31.7 Å². The number of hydrogen-bond donors (Lipinski definition) is 2. The molecule has 0 bridgehead atoms. The molecule has 1 aromatic heterocycles. The molecule has 1 aliphatic heterocycles. The lowest BCUT2D eigenvalue weighted by Gasteiger charge is -2.23. The standard InChI is InChI=1S/C15H21N3S/c1-2-7-14-13(6-1)18-15(19-14)8-4-10-17-12-5-3-9-16-11-12/h1-2,6-7,12,16-17H,3-5,8-11H2. The van der Waals surface area contributed by atoms with E-state index in [4.69, 9.17) is 0 Å². The third kappa shape index (κ3) is 3.53. The van der Waals surface area contributed by atoms with E-state index in [-0.39, 0.29) is 0 Å². The maximum absolute atomic E-state index is 4.68. The molecule has 4 heteroatoms. The molecule has 0 spiro atoms. The van der Waals surface area contributed by atoms with E-state index in [9.17, 15) is 0 Å². The molecular formula is C15H21N3S. The molecule has 102 valence electrons. The predicted octanol–water partition coefficient (Wildman–Crippen LogP) is 2.57. The number of nitrogens with zero attached hydrogens (tertiary/aromatic N) is 1. The Hall–Kier alpha value is -0.970. The molecule has 19 heavy (non-hydrogen) atoms. The van der Waals surface area contributed by atoms with E-state index in [1.54, 1.807) is 0 Å². The summed E-state index contributed by atoms with van der Waals surface area (Å²) in [5.41, 5.74) is 1.15. The van der Waals surface area contributed by atoms with Gasteiger partial charge in [-0.2, -0.15) is 0 Å². The van der Waals surface area contributed by atoms with Crippen LogP contribution in [0.5, 0.6) is 0 Å². The summed E-state index contributed by atoms with van der Waals surface area (Å²) in [6, 6.07) is 9.07. The lowest BCUT2D eigenvalue weighted by atomic mass is 10.1. The summed E-state index contributed by atoms with van der Waals surface area (Å²) in [4.78, 5) is 4.68. The first-order valence-corrected chi connectivity index (χ1v) is 8.02. The fraction of sp³-hybridized carbons (Fsp3) is 0.533. The summed E-state index contributed by atoms with van der Waals surface area (Å²) >= 11 is 1.83. The van der Waals surface area contributed by atoms with Gasteiger partial charge in [0, 0.05) is 19.0 Å². The second-order valence-electron chi connectivity index (χ2n) is 5.18. The van der Waals surface area contributed by atoms with Crippen LogP contribution in [0.3, 0.4) is 0 Å². The van der Waals surface area contributed by atoms with Crippen molar-refractivity contribution in [2.24, 2.45) is 0 Å². The number of hydrogen-bond acceptors (Lipinski definition) is 4. The molecule has 1 fully saturated rings. The Morgan fingerprint density at radius 2 is 2.32 bits per heavy atom. The third-order valence-corrected chi connectivity index (χ3v) is 4.73. The van der Waals surface area contributed by atoms with Crippen molar-refractivity contribution in [1.82, 2.24) is 15.6 Å². The van der Waals surface area contributed by atoms with E-state index in [2.05, 4.69) is 39.9 Å². The number of benzene rings is 1. The van der Waals surface area contributed by atoms with Crippen LogP contribution in [0.4, 0.5) is 0 Å². The van der Waals surface area contributed by atoms with Gasteiger partial charge in [-0.3, -0.25) is 0 Å². The molecule has 1 aliphatic rings. The summed E-state index contributed by atoms with van der Waals surface area (Å²) in [5.74, 6) is 0. The molecule has 1 saturated heterocycles. The van der Waals surface area contributed by atoms with Crippen LogP contribution in [0.2, 0.25) is 0 Å². The third-order valence-electron chi connectivity index (χ3n) is 3.64. The Labute approximate surface area is 118 Å². The zero-order chi connectivity index (χ0) is 12.9. The summed E-state index contributed by atoms with van der Waals surface area (Å²) in [6.07, 6.45) is 4.88. The Balaban J connectivity index is 1.44. The predicted molar refractivity (Wildman–Crippen MR) is 81.8 cm³/mol. The number of piperidine rings is 1. The molecule has 2 aromatic rings. The van der Waals surface area contributed by atoms with Crippen LogP contribution >= 0.6 is 11.3 Å². The van der Waals surface area contributed by atoms with Crippen molar-refractivity contribution in [3.8, 4) is 0 Å². The van der Waals surface area contributed by atoms with Gasteiger partial charge in [0.2, 0.25) is 0 Å². The molecule has 0 saturated carbocycles. The summed E-state index contributed by atoms with van der Waals surface area (Å²) in [5, 5.41) is 8.35. The Morgan fingerprint density at radius 1 is 1.37 bits per heavy atom. The van der Waals surface area contributed by atoms with Crippen molar-refractivity contribution in [3.63, 3.8) is 0 Å². The van der Waals surface area contributed by atoms with Gasteiger partial charge in [-0.25, -0.2) is 4.98 Å². The number of para-hydroxylation sites is 1. The van der Waals surface area contributed by atoms with Crippen LogP contribution in [-0.2, 0) is 6.42 Å². The maximum Gasteiger partial charge on any atom is 0.0939 e. The molecule has 1 atom stereocenters. The smallest absolute Gasteiger partial charge is 0.0939 e. The largest absolute Gasteiger partial charge is 0.315 e. The average molecular weight is 275 g/mol. The minimum absolute atomic E-state index is 0.670. The van der Waals surface area contributed by atoms with E-state index >= 15 is 0 Å². The van der Waals surface area contributed by atoms with Crippen molar-refractivity contribution < 1.29 is 0 Å². The van der Waals surface area contributed by atoms with E-state index in [1.165, 1.54) is 35.5 Å². The minimum atomic E-state index is 0.670. The van der Waals surface area contributed by atoms with Gasteiger partial charge in [-0.1, -0.05) is 12.1 Å². The zero-order valence-electron chi connectivity index (χ0n) is 11.2. The second-order valence-corrected chi connectivity index (χ2v) is 6.29. The van der Waals surface area contributed by atoms with Crippen molar-refractivity contribution in [1.29, 1.82) is 0 Å². The molecular weight excluding hydrogens is 254 g/mol. The Kier molecular flexibility index (Phi) is 4.43. The van der Waals surface area contributed by atoms with Gasteiger partial charge in [0.25, 0.3) is 0 Å². The van der Waals surface area contributed by atoms with Crippen molar-refractivity contribution in [2.75, 3.05) is 19.6 Å². The van der Waals surface area contributed by atoms with Gasteiger partial charge in [-0.05, 0) is 44.5 Å². The van der Waals surface area contributed by atoms with Gasteiger partial charge < -0.3 is 10.6 Å². The highest BCUT2D eigenvalue weighted by molar-refractivity contribution is 7.18. The monoisotopic (exact) mass is 275 g/mol. The van der Waals surface area contributed by atoms with Gasteiger partial charge in [-0.15, -0.1) is 11.3 Å². The maximum atomic E-state index is 4.68. The quantitative estimate of drug-likeness (QED) is 0.824. The van der Waals surface area contributed by atoms with Crippen LogP contribution in [0.1, 0.15) is 24.3 Å². The minimum Gasteiger partial charge on any atom is -0.315 e. The van der Waals surface area contributed by atoms with Gasteiger partial charge in [0.15, 0.2) is 0 Å². The molecule has 3 nitrogen and oxygen atoms in total. The van der Waals surface area contributed by atoms with Gasteiger partial charge >= 0.3 is 0 Å². The Bertz CT molecular complexity index is 484. The molecule has 2 N–H and O–H groups in total. The number of aryl methyl sites for hydroxylation is 1. The van der Waals surface area contributed by atoms with Crippen molar-refractivity contribution >= 4 is 21.6 Å². The normalized spacial score (nSPS) is 19.9. The highest BCUT2D eigenvalue weighted by Gasteiger charge is 2.11. The van der Waals surface area contributed by atoms with Crippen LogP contribution in [-0.4, -0.2) is 30.7 Å². The lowest BCUT2D eigenvalue weighted by molar-refractivity contribution is 0.388. The highest BCUT2D eigenvalue weighted by Crippen LogP contribution is 2.22. The first-order valence-electron chi connectivity index (χ1n) is 7.20. The zero-order valence-corrected chi connectivity index (χ0v) is 12.0. The van der Waals surface area contributed by atoms with Crippen LogP contribution < -0.4 is 10.6 Å². The van der Waals surface area contributed by atoms with Crippen LogP contribution in [0.15, 0.2) is 24.3 Å². The SMILES string of the molecule is c1ccc2sc(CCCNC3CCCNC3)nc2c1. The topological polar surface area (TPSA) is 37.0 Å². The summed E-state index contributed by atoms with van der Waals surface area (Å²) in [6.45, 7) is 3.41. The van der Waals surface area contributed by atoms with E-state index in [0.29, 0.717) is 6.04 Å². The van der Waals surface area contributed by atoms with E-state index in [0.717, 1.165) is 25.0 Å². The Morgan fingerprint density at radius 3 is 3.16 bits per heavy atom.